The van der Waals surface area contributed by atoms with Gasteiger partial charge in [-0.1, -0.05) is 47.8 Å². The molecule has 0 fully saturated rings. The van der Waals surface area contributed by atoms with E-state index in [1.165, 1.54) is 0 Å². The highest BCUT2D eigenvalue weighted by Gasteiger charge is 2.16. The molecule has 0 nitrogen and oxygen atoms in total. The molecule has 1 unspecified atom stereocenters. The third kappa shape index (κ3) is 4.33. The van der Waals surface area contributed by atoms with Crippen molar-refractivity contribution in [3.63, 3.8) is 0 Å². The Kier molecular flexibility index (Phi) is 5.06. The van der Waals surface area contributed by atoms with E-state index in [0.29, 0.717) is 0 Å². The van der Waals surface area contributed by atoms with Crippen LogP contribution in [0.3, 0.4) is 0 Å². The first-order valence-electron chi connectivity index (χ1n) is 2.43. The minimum atomic E-state index is 0.274. The molecular formula is C5H9Br3. The number of hydrogen-bond acceptors (Lipinski definition) is 0. The van der Waals surface area contributed by atoms with Crippen LogP contribution >= 0.6 is 47.8 Å². The van der Waals surface area contributed by atoms with Crippen LogP contribution in [0.4, 0.5) is 0 Å². The Morgan fingerprint density at radius 3 is 2.00 bits per heavy atom. The topological polar surface area (TPSA) is 0 Å². The number of halogens is 3. The molecular weight excluding hydrogens is 300 g/mol. The van der Waals surface area contributed by atoms with Gasteiger partial charge in [-0.3, -0.25) is 0 Å². The van der Waals surface area contributed by atoms with E-state index in [-0.39, 0.29) is 4.32 Å². The fourth-order valence-corrected chi connectivity index (χ4v) is 2.15. The molecule has 0 aromatic carbocycles. The van der Waals surface area contributed by atoms with Gasteiger partial charge in [0, 0.05) is 15.0 Å². The maximum absolute atomic E-state index is 3.56. The molecule has 0 saturated carbocycles. The van der Waals surface area contributed by atoms with Crippen LogP contribution in [0.5, 0.6) is 0 Å². The second kappa shape index (κ2) is 4.29. The summed E-state index contributed by atoms with van der Waals surface area (Å²) >= 11 is 10.3. The zero-order chi connectivity index (χ0) is 6.62. The molecule has 50 valence electrons. The highest BCUT2D eigenvalue weighted by Crippen LogP contribution is 2.24. The second-order valence-electron chi connectivity index (χ2n) is 1.99. The summed E-state index contributed by atoms with van der Waals surface area (Å²) in [6.07, 6.45) is 1.15. The molecule has 0 aliphatic heterocycles. The summed E-state index contributed by atoms with van der Waals surface area (Å²) in [7, 11) is 0. The summed E-state index contributed by atoms with van der Waals surface area (Å²) in [5, 5.41) is 2.06. The molecule has 0 radical (unpaired) electrons. The molecule has 1 atom stereocenters. The molecule has 0 aromatic rings. The van der Waals surface area contributed by atoms with E-state index in [4.69, 9.17) is 0 Å². The van der Waals surface area contributed by atoms with E-state index >= 15 is 0 Å². The zero-order valence-electron chi connectivity index (χ0n) is 4.76. The summed E-state index contributed by atoms with van der Waals surface area (Å²) in [6, 6.07) is 0. The van der Waals surface area contributed by atoms with Gasteiger partial charge in [0.15, 0.2) is 0 Å². The molecule has 8 heavy (non-hydrogen) atoms. The first-order valence-corrected chi connectivity index (χ1v) is 5.47. The van der Waals surface area contributed by atoms with Gasteiger partial charge in [0.05, 0.1) is 0 Å². The Bertz CT molecular complexity index is 60.7. The molecule has 0 aromatic heterocycles. The van der Waals surface area contributed by atoms with Crippen LogP contribution in [-0.4, -0.2) is 15.0 Å². The van der Waals surface area contributed by atoms with Gasteiger partial charge in [0.2, 0.25) is 0 Å². The number of rotatable bonds is 3. The van der Waals surface area contributed by atoms with Crippen LogP contribution in [0.1, 0.15) is 13.3 Å². The summed E-state index contributed by atoms with van der Waals surface area (Å²) in [5.41, 5.74) is 0. The molecule has 0 N–H and O–H groups in total. The lowest BCUT2D eigenvalue weighted by atomic mass is 10.2. The van der Waals surface area contributed by atoms with Crippen molar-refractivity contribution in [1.29, 1.82) is 0 Å². The van der Waals surface area contributed by atoms with Crippen molar-refractivity contribution in [1.82, 2.24) is 0 Å². The van der Waals surface area contributed by atoms with Crippen LogP contribution in [0.15, 0.2) is 0 Å². The van der Waals surface area contributed by atoms with Crippen LogP contribution < -0.4 is 0 Å². The second-order valence-corrected chi connectivity index (χ2v) is 5.25. The summed E-state index contributed by atoms with van der Waals surface area (Å²) in [5.74, 6) is 0. The SMILES string of the molecule is CC(Br)(CBr)CCBr. The van der Waals surface area contributed by atoms with Crippen molar-refractivity contribution in [2.45, 2.75) is 17.7 Å². The molecule has 0 saturated heterocycles. The third-order valence-electron chi connectivity index (χ3n) is 0.894. The average Bonchev–Trinajstić information content (AvgIpc) is 1.67. The minimum Gasteiger partial charge on any atom is -0.0928 e. The van der Waals surface area contributed by atoms with E-state index < -0.39 is 0 Å². The van der Waals surface area contributed by atoms with Crippen LogP contribution in [0.25, 0.3) is 0 Å². The highest BCUT2D eigenvalue weighted by atomic mass is 79.9. The summed E-state index contributed by atoms with van der Waals surface area (Å²) < 4.78 is 0.274. The Hall–Kier alpha value is 1.44. The van der Waals surface area contributed by atoms with Gasteiger partial charge in [-0.2, -0.15) is 0 Å². The first kappa shape index (κ1) is 9.44. The van der Waals surface area contributed by atoms with Crippen molar-refractivity contribution in [3.8, 4) is 0 Å². The standard InChI is InChI=1S/C5H9Br3/c1-5(8,4-7)2-3-6/h2-4H2,1H3. The fraction of sp³-hybridized carbons (Fsp3) is 1.00. The normalized spacial score (nSPS) is 18.0. The van der Waals surface area contributed by atoms with Crippen LogP contribution in [0, 0.1) is 0 Å². The van der Waals surface area contributed by atoms with Crippen LogP contribution in [-0.2, 0) is 0 Å². The maximum atomic E-state index is 3.56. The lowest BCUT2D eigenvalue weighted by Gasteiger charge is -2.16. The van der Waals surface area contributed by atoms with E-state index in [1.807, 2.05) is 0 Å². The lowest BCUT2D eigenvalue weighted by Crippen LogP contribution is -2.17. The summed E-state index contributed by atoms with van der Waals surface area (Å²) in [4.78, 5) is 0. The molecule has 0 heterocycles. The molecule has 0 amide bonds. The molecule has 0 spiro atoms. The maximum Gasteiger partial charge on any atom is 0.0334 e. The third-order valence-corrected chi connectivity index (χ3v) is 3.96. The van der Waals surface area contributed by atoms with Gasteiger partial charge in [-0.05, 0) is 13.3 Å². The van der Waals surface area contributed by atoms with Crippen molar-refractivity contribution < 1.29 is 0 Å². The van der Waals surface area contributed by atoms with Gasteiger partial charge in [-0.15, -0.1) is 0 Å². The van der Waals surface area contributed by atoms with Crippen molar-refractivity contribution in [2.24, 2.45) is 0 Å². The monoisotopic (exact) mass is 306 g/mol. The zero-order valence-corrected chi connectivity index (χ0v) is 9.51. The molecule has 0 bridgehead atoms. The Morgan fingerprint density at radius 2 is 1.88 bits per heavy atom. The number of hydrogen-bond donors (Lipinski definition) is 0. The smallest absolute Gasteiger partial charge is 0.0334 e. The van der Waals surface area contributed by atoms with E-state index in [1.54, 1.807) is 0 Å². The van der Waals surface area contributed by atoms with Gasteiger partial charge in [-0.25, -0.2) is 0 Å². The van der Waals surface area contributed by atoms with Crippen molar-refractivity contribution in [3.05, 3.63) is 0 Å². The fourth-order valence-electron chi connectivity index (χ4n) is 0.264. The minimum absolute atomic E-state index is 0.274. The van der Waals surface area contributed by atoms with Crippen molar-refractivity contribution >= 4 is 47.8 Å². The van der Waals surface area contributed by atoms with E-state index in [2.05, 4.69) is 54.7 Å². The van der Waals surface area contributed by atoms with E-state index in [0.717, 1.165) is 17.1 Å². The van der Waals surface area contributed by atoms with Gasteiger partial charge in [0.25, 0.3) is 0 Å². The summed E-state index contributed by atoms with van der Waals surface area (Å²) in [6.45, 7) is 2.17. The Morgan fingerprint density at radius 1 is 1.38 bits per heavy atom. The Labute approximate surface area is 75.8 Å². The molecule has 0 aliphatic rings. The van der Waals surface area contributed by atoms with E-state index in [9.17, 15) is 0 Å². The van der Waals surface area contributed by atoms with Crippen LogP contribution in [0.2, 0.25) is 0 Å². The quantitative estimate of drug-likeness (QED) is 0.702. The van der Waals surface area contributed by atoms with Gasteiger partial charge < -0.3 is 0 Å². The Balaban J connectivity index is 3.37. The first-order chi connectivity index (χ1) is 3.62. The number of alkyl halides is 3. The predicted molar refractivity (Wildman–Crippen MR) is 49.5 cm³/mol. The predicted octanol–water partition coefficient (Wildman–Crippen LogP) is 3.32. The van der Waals surface area contributed by atoms with Gasteiger partial charge >= 0.3 is 0 Å². The molecule has 0 rings (SSSR count). The largest absolute Gasteiger partial charge is 0.0928 e. The van der Waals surface area contributed by atoms with Crippen molar-refractivity contribution in [2.75, 3.05) is 10.7 Å². The molecule has 3 heteroatoms. The highest BCUT2D eigenvalue weighted by molar-refractivity contribution is 9.12. The lowest BCUT2D eigenvalue weighted by molar-refractivity contribution is 0.726. The van der Waals surface area contributed by atoms with Gasteiger partial charge in [0.1, 0.15) is 0 Å². The molecule has 0 aliphatic carbocycles. The average molecular weight is 309 g/mol.